The minimum absolute atomic E-state index is 0.154. The van der Waals surface area contributed by atoms with Crippen LogP contribution in [0.2, 0.25) is 0 Å². The molecule has 0 aromatic heterocycles. The highest BCUT2D eigenvalue weighted by Crippen LogP contribution is 2.22. The van der Waals surface area contributed by atoms with Crippen LogP contribution < -0.4 is 5.32 Å². The Bertz CT molecular complexity index is 438. The summed E-state index contributed by atoms with van der Waals surface area (Å²) in [6.07, 6.45) is 0.0765. The number of rotatable bonds is 4. The van der Waals surface area contributed by atoms with Gasteiger partial charge in [0.1, 0.15) is 11.4 Å². The number of carbonyl (C=O) groups is 1. The van der Waals surface area contributed by atoms with Crippen LogP contribution in [0.4, 0.5) is 10.5 Å². The highest BCUT2D eigenvalue weighted by Gasteiger charge is 2.17. The normalized spacial score (nSPS) is 11.2. The number of phenolic OH excluding ortho intramolecular Hbond substituents is 1. The van der Waals surface area contributed by atoms with Gasteiger partial charge in [-0.15, -0.1) is 0 Å². The average molecular weight is 267 g/mol. The van der Waals surface area contributed by atoms with E-state index in [4.69, 9.17) is 9.47 Å². The minimum atomic E-state index is -0.548. The summed E-state index contributed by atoms with van der Waals surface area (Å²) in [7, 11) is 1.60. The van der Waals surface area contributed by atoms with E-state index in [1.54, 1.807) is 40.0 Å². The van der Waals surface area contributed by atoms with Gasteiger partial charge in [0, 0.05) is 12.8 Å². The van der Waals surface area contributed by atoms with Crippen LogP contribution in [0.15, 0.2) is 18.2 Å². The summed E-state index contributed by atoms with van der Waals surface area (Å²) in [4.78, 5) is 11.7. The van der Waals surface area contributed by atoms with Gasteiger partial charge in [0.25, 0.3) is 0 Å². The molecule has 106 valence electrons. The van der Waals surface area contributed by atoms with Gasteiger partial charge in [0.15, 0.2) is 0 Å². The van der Waals surface area contributed by atoms with E-state index in [-0.39, 0.29) is 5.75 Å². The highest BCUT2D eigenvalue weighted by molar-refractivity contribution is 5.86. The summed E-state index contributed by atoms with van der Waals surface area (Å²) in [6.45, 7) is 5.91. The molecule has 0 aliphatic rings. The molecule has 0 aliphatic heterocycles. The van der Waals surface area contributed by atoms with Gasteiger partial charge in [-0.1, -0.05) is 0 Å². The zero-order chi connectivity index (χ0) is 14.5. The lowest BCUT2D eigenvalue weighted by Gasteiger charge is -2.20. The van der Waals surface area contributed by atoms with Crippen LogP contribution in [0.3, 0.4) is 0 Å². The molecule has 1 aromatic rings. The summed E-state index contributed by atoms with van der Waals surface area (Å²) in [5, 5.41) is 12.1. The van der Waals surface area contributed by atoms with Crippen molar-refractivity contribution in [2.45, 2.75) is 32.8 Å². The number of ether oxygens (including phenoxy) is 2. The fourth-order valence-electron chi connectivity index (χ4n) is 1.53. The monoisotopic (exact) mass is 267 g/mol. The molecule has 0 radical (unpaired) electrons. The Labute approximate surface area is 113 Å². The van der Waals surface area contributed by atoms with Crippen molar-refractivity contribution in [1.82, 2.24) is 0 Å². The second kappa shape index (κ2) is 6.43. The zero-order valence-electron chi connectivity index (χ0n) is 11.8. The van der Waals surface area contributed by atoms with Crippen molar-refractivity contribution in [1.29, 1.82) is 0 Å². The van der Waals surface area contributed by atoms with Crippen LogP contribution in [0, 0.1) is 0 Å². The first-order valence-electron chi connectivity index (χ1n) is 6.12. The SMILES string of the molecule is COCCc1cc(O)ccc1NC(=O)OC(C)(C)C. The Morgan fingerprint density at radius 2 is 2.05 bits per heavy atom. The van der Waals surface area contributed by atoms with Crippen LogP contribution in [-0.4, -0.2) is 30.5 Å². The number of methoxy groups -OCH3 is 1. The Morgan fingerprint density at radius 1 is 1.37 bits per heavy atom. The van der Waals surface area contributed by atoms with E-state index in [0.717, 1.165) is 5.56 Å². The van der Waals surface area contributed by atoms with E-state index in [1.165, 1.54) is 6.07 Å². The molecule has 0 fully saturated rings. The fraction of sp³-hybridized carbons (Fsp3) is 0.500. The molecule has 0 spiro atoms. The molecule has 1 aromatic carbocycles. The van der Waals surface area contributed by atoms with Gasteiger partial charge in [-0.3, -0.25) is 5.32 Å². The minimum Gasteiger partial charge on any atom is -0.508 e. The van der Waals surface area contributed by atoms with Gasteiger partial charge < -0.3 is 14.6 Å². The molecule has 1 rings (SSSR count). The van der Waals surface area contributed by atoms with Crippen LogP contribution in [0.1, 0.15) is 26.3 Å². The number of aromatic hydroxyl groups is 1. The molecule has 0 unspecified atom stereocenters. The standard InChI is InChI=1S/C14H21NO4/c1-14(2,3)19-13(17)15-12-6-5-11(16)9-10(12)7-8-18-4/h5-6,9,16H,7-8H2,1-4H3,(H,15,17). The topological polar surface area (TPSA) is 67.8 Å². The van der Waals surface area contributed by atoms with Crippen molar-refractivity contribution in [2.75, 3.05) is 19.0 Å². The van der Waals surface area contributed by atoms with Gasteiger partial charge in [0.05, 0.1) is 6.61 Å². The first kappa shape index (κ1) is 15.3. The van der Waals surface area contributed by atoms with Crippen molar-refractivity contribution in [2.24, 2.45) is 0 Å². The van der Waals surface area contributed by atoms with Gasteiger partial charge in [-0.25, -0.2) is 4.79 Å². The van der Waals surface area contributed by atoms with Gasteiger partial charge >= 0.3 is 6.09 Å². The molecule has 2 N–H and O–H groups in total. The lowest BCUT2D eigenvalue weighted by molar-refractivity contribution is 0.0635. The van der Waals surface area contributed by atoms with E-state index in [2.05, 4.69) is 5.32 Å². The Kier molecular flexibility index (Phi) is 5.18. The van der Waals surface area contributed by atoms with E-state index in [1.807, 2.05) is 0 Å². The first-order chi connectivity index (χ1) is 8.81. The Hall–Kier alpha value is -1.75. The van der Waals surface area contributed by atoms with Crippen molar-refractivity contribution in [3.05, 3.63) is 23.8 Å². The van der Waals surface area contributed by atoms with E-state index >= 15 is 0 Å². The molecule has 0 bridgehead atoms. The van der Waals surface area contributed by atoms with Crippen molar-refractivity contribution < 1.29 is 19.4 Å². The van der Waals surface area contributed by atoms with Gasteiger partial charge in [-0.05, 0) is 51.0 Å². The second-order valence-electron chi connectivity index (χ2n) is 5.21. The molecule has 1 amide bonds. The van der Waals surface area contributed by atoms with E-state index in [0.29, 0.717) is 18.7 Å². The number of amides is 1. The molecular weight excluding hydrogens is 246 g/mol. The third-order valence-electron chi connectivity index (χ3n) is 2.30. The van der Waals surface area contributed by atoms with E-state index < -0.39 is 11.7 Å². The third kappa shape index (κ3) is 5.61. The molecule has 19 heavy (non-hydrogen) atoms. The van der Waals surface area contributed by atoms with Crippen LogP contribution in [-0.2, 0) is 15.9 Å². The average Bonchev–Trinajstić information content (AvgIpc) is 2.27. The number of anilines is 1. The maximum absolute atomic E-state index is 11.7. The third-order valence-corrected chi connectivity index (χ3v) is 2.30. The summed E-state index contributed by atoms with van der Waals surface area (Å²) in [5.74, 6) is 0.154. The Morgan fingerprint density at radius 3 is 2.63 bits per heavy atom. The van der Waals surface area contributed by atoms with Crippen molar-refractivity contribution >= 4 is 11.8 Å². The number of hydrogen-bond donors (Lipinski definition) is 2. The summed E-state index contributed by atoms with van der Waals surface area (Å²) >= 11 is 0. The molecule has 0 saturated heterocycles. The molecule has 5 nitrogen and oxygen atoms in total. The van der Waals surface area contributed by atoms with Gasteiger partial charge in [0.2, 0.25) is 0 Å². The molecular formula is C14H21NO4. The lowest BCUT2D eigenvalue weighted by atomic mass is 10.1. The molecule has 0 atom stereocenters. The van der Waals surface area contributed by atoms with Crippen LogP contribution >= 0.6 is 0 Å². The molecule has 0 saturated carbocycles. The number of nitrogens with one attached hydrogen (secondary N) is 1. The molecule has 5 heteroatoms. The summed E-state index contributed by atoms with van der Waals surface area (Å²) in [6, 6.07) is 4.76. The number of benzene rings is 1. The van der Waals surface area contributed by atoms with Crippen LogP contribution in [0.25, 0.3) is 0 Å². The predicted octanol–water partition coefficient (Wildman–Crippen LogP) is 2.93. The quantitative estimate of drug-likeness (QED) is 0.823. The second-order valence-corrected chi connectivity index (χ2v) is 5.21. The maximum Gasteiger partial charge on any atom is 0.412 e. The Balaban J connectivity index is 2.79. The summed E-state index contributed by atoms with van der Waals surface area (Å²) in [5.41, 5.74) is 0.866. The van der Waals surface area contributed by atoms with Crippen molar-refractivity contribution in [3.8, 4) is 5.75 Å². The predicted molar refractivity (Wildman–Crippen MR) is 73.5 cm³/mol. The highest BCUT2D eigenvalue weighted by atomic mass is 16.6. The zero-order valence-corrected chi connectivity index (χ0v) is 11.8. The van der Waals surface area contributed by atoms with E-state index in [9.17, 15) is 9.90 Å². The largest absolute Gasteiger partial charge is 0.508 e. The number of phenols is 1. The smallest absolute Gasteiger partial charge is 0.412 e. The van der Waals surface area contributed by atoms with Crippen molar-refractivity contribution in [3.63, 3.8) is 0 Å². The number of carbonyl (C=O) groups excluding carboxylic acids is 1. The maximum atomic E-state index is 11.7. The van der Waals surface area contributed by atoms with Crippen LogP contribution in [0.5, 0.6) is 5.75 Å². The first-order valence-corrected chi connectivity index (χ1v) is 6.12. The molecule has 0 aliphatic carbocycles. The summed E-state index contributed by atoms with van der Waals surface area (Å²) < 4.78 is 10.2. The molecule has 0 heterocycles. The lowest BCUT2D eigenvalue weighted by Crippen LogP contribution is -2.27. The fourth-order valence-corrected chi connectivity index (χ4v) is 1.53. The number of hydrogen-bond acceptors (Lipinski definition) is 4. The van der Waals surface area contributed by atoms with Gasteiger partial charge in [-0.2, -0.15) is 0 Å².